The van der Waals surface area contributed by atoms with Gasteiger partial charge in [0.1, 0.15) is 11.5 Å². The van der Waals surface area contributed by atoms with Crippen LogP contribution in [0.5, 0.6) is 0 Å². The second-order valence-electron chi connectivity index (χ2n) is 7.45. The van der Waals surface area contributed by atoms with Crippen molar-refractivity contribution in [1.82, 2.24) is 25.0 Å². The van der Waals surface area contributed by atoms with Crippen molar-refractivity contribution in [3.05, 3.63) is 35.3 Å². The van der Waals surface area contributed by atoms with Crippen LogP contribution in [0.1, 0.15) is 60.6 Å². The molecule has 142 valence electrons. The molecule has 0 aromatic carbocycles. The van der Waals surface area contributed by atoms with Crippen LogP contribution in [-0.2, 0) is 6.54 Å². The number of hydrogen-bond acceptors (Lipinski definition) is 5. The van der Waals surface area contributed by atoms with Gasteiger partial charge in [0.25, 0.3) is 5.91 Å². The quantitative estimate of drug-likeness (QED) is 0.858. The zero-order valence-corrected chi connectivity index (χ0v) is 16.2. The van der Waals surface area contributed by atoms with E-state index in [1.54, 1.807) is 10.7 Å². The van der Waals surface area contributed by atoms with Crippen LogP contribution in [0.15, 0.2) is 16.7 Å². The topological polar surface area (TPSA) is 76.2 Å². The van der Waals surface area contributed by atoms with Gasteiger partial charge in [-0.3, -0.25) is 14.4 Å². The Balaban J connectivity index is 1.41. The molecule has 7 nitrogen and oxygen atoms in total. The number of carbonyl (C=O) groups is 1. The molecular weight excluding hydrogens is 330 g/mol. The molecule has 0 atom stereocenters. The van der Waals surface area contributed by atoms with E-state index in [9.17, 15) is 4.79 Å². The van der Waals surface area contributed by atoms with E-state index in [1.807, 2.05) is 33.9 Å². The first kappa shape index (κ1) is 18.6. The third-order valence-electron chi connectivity index (χ3n) is 5.06. The van der Waals surface area contributed by atoms with Gasteiger partial charge >= 0.3 is 0 Å². The molecule has 0 saturated carbocycles. The van der Waals surface area contributed by atoms with Crippen LogP contribution in [-0.4, -0.2) is 45.2 Å². The minimum Gasteiger partial charge on any atom is -0.444 e. The first-order valence-corrected chi connectivity index (χ1v) is 9.41. The number of oxazole rings is 1. The molecule has 0 aliphatic carbocycles. The third-order valence-corrected chi connectivity index (χ3v) is 5.06. The van der Waals surface area contributed by atoms with E-state index in [0.29, 0.717) is 18.2 Å². The summed E-state index contributed by atoms with van der Waals surface area (Å²) in [5.74, 6) is 2.12. The first-order valence-electron chi connectivity index (χ1n) is 9.41. The van der Waals surface area contributed by atoms with Gasteiger partial charge in [-0.1, -0.05) is 0 Å². The van der Waals surface area contributed by atoms with Crippen molar-refractivity contribution in [2.45, 2.75) is 53.1 Å². The average Bonchev–Trinajstić information content (AvgIpc) is 3.22. The maximum atomic E-state index is 12.2. The largest absolute Gasteiger partial charge is 0.444 e. The fourth-order valence-electron chi connectivity index (χ4n) is 3.22. The van der Waals surface area contributed by atoms with Crippen molar-refractivity contribution in [2.75, 3.05) is 19.6 Å². The first-order chi connectivity index (χ1) is 12.4. The van der Waals surface area contributed by atoms with Gasteiger partial charge in [-0.05, 0) is 65.6 Å². The van der Waals surface area contributed by atoms with Crippen LogP contribution in [0.2, 0.25) is 0 Å². The van der Waals surface area contributed by atoms with Crippen LogP contribution in [0.3, 0.4) is 0 Å². The van der Waals surface area contributed by atoms with Crippen molar-refractivity contribution < 1.29 is 9.21 Å². The highest BCUT2D eigenvalue weighted by molar-refractivity contribution is 5.92. The minimum atomic E-state index is -0.0856. The third kappa shape index (κ3) is 4.52. The summed E-state index contributed by atoms with van der Waals surface area (Å²) in [4.78, 5) is 19.1. The molecule has 0 bridgehead atoms. The van der Waals surface area contributed by atoms with Crippen LogP contribution >= 0.6 is 0 Å². The number of nitrogens with one attached hydrogen (secondary N) is 1. The van der Waals surface area contributed by atoms with Gasteiger partial charge < -0.3 is 9.73 Å². The Labute approximate surface area is 154 Å². The molecule has 1 fully saturated rings. The molecule has 1 saturated heterocycles. The molecule has 0 radical (unpaired) electrons. The van der Waals surface area contributed by atoms with Crippen molar-refractivity contribution in [3.63, 3.8) is 0 Å². The monoisotopic (exact) mass is 359 g/mol. The van der Waals surface area contributed by atoms with E-state index < -0.39 is 0 Å². The molecule has 1 aliphatic rings. The van der Waals surface area contributed by atoms with E-state index >= 15 is 0 Å². The molecule has 0 spiro atoms. The summed E-state index contributed by atoms with van der Waals surface area (Å²) in [6.45, 7) is 11.5. The van der Waals surface area contributed by atoms with Gasteiger partial charge in [-0.15, -0.1) is 0 Å². The Morgan fingerprint density at radius 3 is 2.65 bits per heavy atom. The van der Waals surface area contributed by atoms with Gasteiger partial charge in [-0.25, -0.2) is 4.98 Å². The highest BCUT2D eigenvalue weighted by Gasteiger charge is 2.22. The van der Waals surface area contributed by atoms with Crippen LogP contribution in [0.4, 0.5) is 0 Å². The van der Waals surface area contributed by atoms with Crippen LogP contribution in [0, 0.1) is 19.8 Å². The summed E-state index contributed by atoms with van der Waals surface area (Å²) in [7, 11) is 0. The SMILES string of the molecule is Cc1nc(CN2CCC(CNC(=O)c3ccn(C(C)C)n3)CC2)oc1C. The second-order valence-corrected chi connectivity index (χ2v) is 7.45. The molecule has 26 heavy (non-hydrogen) atoms. The molecule has 3 rings (SSSR count). The minimum absolute atomic E-state index is 0.0856. The highest BCUT2D eigenvalue weighted by atomic mass is 16.4. The Morgan fingerprint density at radius 2 is 2.08 bits per heavy atom. The number of likely N-dealkylation sites (tertiary alicyclic amines) is 1. The predicted octanol–water partition coefficient (Wildman–Crippen LogP) is 2.71. The number of amides is 1. The van der Waals surface area contributed by atoms with Crippen LogP contribution in [0.25, 0.3) is 0 Å². The highest BCUT2D eigenvalue weighted by Crippen LogP contribution is 2.19. The van der Waals surface area contributed by atoms with E-state index in [-0.39, 0.29) is 11.9 Å². The molecular formula is C19H29N5O2. The van der Waals surface area contributed by atoms with E-state index in [2.05, 4.69) is 20.3 Å². The second kappa shape index (κ2) is 8.03. The standard InChI is InChI=1S/C19H29N5O2/c1-13(2)24-10-7-17(22-24)19(25)20-11-16-5-8-23(9-6-16)12-18-21-14(3)15(4)26-18/h7,10,13,16H,5-6,8-9,11-12H2,1-4H3,(H,20,25). The summed E-state index contributed by atoms with van der Waals surface area (Å²) in [5.41, 5.74) is 1.46. The lowest BCUT2D eigenvalue weighted by Crippen LogP contribution is -2.38. The molecule has 1 aliphatic heterocycles. The lowest BCUT2D eigenvalue weighted by atomic mass is 9.97. The zero-order valence-electron chi connectivity index (χ0n) is 16.2. The molecule has 0 unspecified atom stereocenters. The van der Waals surface area contributed by atoms with E-state index in [1.165, 1.54) is 0 Å². The van der Waals surface area contributed by atoms with E-state index in [4.69, 9.17) is 4.42 Å². The number of aromatic nitrogens is 3. The number of carbonyl (C=O) groups excluding carboxylic acids is 1. The van der Waals surface area contributed by atoms with Crippen molar-refractivity contribution in [1.29, 1.82) is 0 Å². The number of hydrogen-bond donors (Lipinski definition) is 1. The molecule has 1 N–H and O–H groups in total. The lowest BCUT2D eigenvalue weighted by molar-refractivity contribution is 0.0928. The van der Waals surface area contributed by atoms with Crippen LogP contribution < -0.4 is 5.32 Å². The number of nitrogens with zero attached hydrogens (tertiary/aromatic N) is 4. The number of piperidine rings is 1. The van der Waals surface area contributed by atoms with Crippen molar-refractivity contribution in [3.8, 4) is 0 Å². The molecule has 2 aromatic rings. The zero-order chi connectivity index (χ0) is 18.7. The van der Waals surface area contributed by atoms with Gasteiger partial charge in [0, 0.05) is 18.8 Å². The molecule has 1 amide bonds. The summed E-state index contributed by atoms with van der Waals surface area (Å²) < 4.78 is 7.48. The fraction of sp³-hybridized carbons (Fsp3) is 0.632. The number of rotatable bonds is 6. The summed E-state index contributed by atoms with van der Waals surface area (Å²) >= 11 is 0. The van der Waals surface area contributed by atoms with Crippen molar-refractivity contribution in [2.24, 2.45) is 5.92 Å². The molecule has 2 aromatic heterocycles. The van der Waals surface area contributed by atoms with Gasteiger partial charge in [0.05, 0.1) is 12.2 Å². The summed E-state index contributed by atoms with van der Waals surface area (Å²) in [6, 6.07) is 2.04. The van der Waals surface area contributed by atoms with Crippen molar-refractivity contribution >= 4 is 5.91 Å². The predicted molar refractivity (Wildman–Crippen MR) is 98.9 cm³/mol. The van der Waals surface area contributed by atoms with Gasteiger partial charge in [-0.2, -0.15) is 5.10 Å². The Hall–Kier alpha value is -2.15. The average molecular weight is 359 g/mol. The van der Waals surface area contributed by atoms with E-state index in [0.717, 1.165) is 49.8 Å². The molecule has 3 heterocycles. The number of aryl methyl sites for hydroxylation is 2. The normalized spacial score (nSPS) is 16.3. The maximum Gasteiger partial charge on any atom is 0.271 e. The lowest BCUT2D eigenvalue weighted by Gasteiger charge is -2.31. The Morgan fingerprint density at radius 1 is 1.35 bits per heavy atom. The summed E-state index contributed by atoms with van der Waals surface area (Å²) in [5, 5.41) is 7.35. The Kier molecular flexibility index (Phi) is 5.76. The summed E-state index contributed by atoms with van der Waals surface area (Å²) in [6.07, 6.45) is 3.99. The fourth-order valence-corrected chi connectivity index (χ4v) is 3.22. The van der Waals surface area contributed by atoms with Gasteiger partial charge in [0.2, 0.25) is 5.89 Å². The smallest absolute Gasteiger partial charge is 0.271 e. The molecule has 7 heteroatoms. The van der Waals surface area contributed by atoms with Gasteiger partial charge in [0.15, 0.2) is 0 Å². The Bertz CT molecular complexity index is 721. The maximum absolute atomic E-state index is 12.2.